The molecule has 0 aliphatic heterocycles. The molecule has 0 aromatic rings. The molecule has 94 valence electrons. The average molecular weight is 224 g/mol. The Balaban J connectivity index is 2.36. The molecule has 0 bridgehead atoms. The summed E-state index contributed by atoms with van der Waals surface area (Å²) in [7, 11) is 0. The molecule has 2 heteroatoms. The van der Waals surface area contributed by atoms with Gasteiger partial charge >= 0.3 is 0 Å². The minimum atomic E-state index is 0.636. The number of nitrogens with one attached hydrogen (secondary N) is 1. The van der Waals surface area contributed by atoms with Gasteiger partial charge in [-0.15, -0.1) is 6.58 Å². The van der Waals surface area contributed by atoms with E-state index in [4.69, 9.17) is 0 Å². The molecule has 2 unspecified atom stereocenters. The Morgan fingerprint density at radius 3 is 2.62 bits per heavy atom. The molecule has 1 N–H and O–H groups in total. The summed E-state index contributed by atoms with van der Waals surface area (Å²) in [5, 5.41) is 3.55. The molecule has 1 aliphatic rings. The minimum absolute atomic E-state index is 0.636. The molecule has 2 nitrogen and oxygen atoms in total. The average Bonchev–Trinajstić information content (AvgIpc) is 2.22. The van der Waals surface area contributed by atoms with Crippen LogP contribution >= 0.6 is 0 Å². The lowest BCUT2D eigenvalue weighted by Gasteiger charge is -2.46. The molecular weight excluding hydrogens is 196 g/mol. The third kappa shape index (κ3) is 3.60. The van der Waals surface area contributed by atoms with Crippen molar-refractivity contribution in [2.24, 2.45) is 5.92 Å². The first-order chi connectivity index (χ1) is 7.70. The van der Waals surface area contributed by atoms with E-state index in [0.717, 1.165) is 25.0 Å². The fourth-order valence-corrected chi connectivity index (χ4v) is 2.57. The van der Waals surface area contributed by atoms with Crippen LogP contribution in [-0.2, 0) is 0 Å². The van der Waals surface area contributed by atoms with Gasteiger partial charge < -0.3 is 5.32 Å². The lowest BCUT2D eigenvalue weighted by molar-refractivity contribution is 0.0480. The highest BCUT2D eigenvalue weighted by atomic mass is 15.2. The molecule has 1 rings (SSSR count). The van der Waals surface area contributed by atoms with Crippen molar-refractivity contribution >= 4 is 0 Å². The molecule has 0 aromatic carbocycles. The second kappa shape index (κ2) is 7.08. The summed E-state index contributed by atoms with van der Waals surface area (Å²) in [5.41, 5.74) is 0. The topological polar surface area (TPSA) is 15.3 Å². The summed E-state index contributed by atoms with van der Waals surface area (Å²) in [5.74, 6) is 0.855. The summed E-state index contributed by atoms with van der Waals surface area (Å²) in [6, 6.07) is 1.42. The van der Waals surface area contributed by atoms with E-state index in [2.05, 4.69) is 37.6 Å². The number of rotatable bonds is 8. The largest absolute Gasteiger partial charge is 0.316 e. The van der Waals surface area contributed by atoms with E-state index >= 15 is 0 Å². The Kier molecular flexibility index (Phi) is 6.07. The van der Waals surface area contributed by atoms with Crippen LogP contribution in [0.25, 0.3) is 0 Å². The molecule has 0 amide bonds. The molecule has 0 saturated heterocycles. The number of nitrogens with zero attached hydrogens (tertiary/aromatic N) is 1. The van der Waals surface area contributed by atoms with E-state index < -0.39 is 0 Å². The Hall–Kier alpha value is -0.340. The van der Waals surface area contributed by atoms with Crippen LogP contribution in [0.5, 0.6) is 0 Å². The Morgan fingerprint density at radius 2 is 2.19 bits per heavy atom. The van der Waals surface area contributed by atoms with E-state index in [1.807, 2.05) is 6.08 Å². The van der Waals surface area contributed by atoms with Crippen molar-refractivity contribution in [2.75, 3.05) is 19.6 Å². The Bertz CT molecular complexity index is 201. The third-order valence-electron chi connectivity index (χ3n) is 3.64. The maximum absolute atomic E-state index is 3.87. The van der Waals surface area contributed by atoms with Gasteiger partial charge in [-0.25, -0.2) is 0 Å². The van der Waals surface area contributed by atoms with Gasteiger partial charge in [0.1, 0.15) is 0 Å². The third-order valence-corrected chi connectivity index (χ3v) is 3.64. The predicted octanol–water partition coefficient (Wildman–Crippen LogP) is 2.66. The maximum atomic E-state index is 3.87. The first-order valence-corrected chi connectivity index (χ1v) is 6.78. The van der Waals surface area contributed by atoms with Crippen LogP contribution < -0.4 is 5.32 Å². The summed E-state index contributed by atoms with van der Waals surface area (Å²) in [6.45, 7) is 14.1. The summed E-state index contributed by atoms with van der Waals surface area (Å²) < 4.78 is 0. The highest BCUT2D eigenvalue weighted by Crippen LogP contribution is 2.32. The van der Waals surface area contributed by atoms with E-state index in [1.54, 1.807) is 0 Å². The van der Waals surface area contributed by atoms with Crippen LogP contribution in [0.3, 0.4) is 0 Å². The van der Waals surface area contributed by atoms with Crippen LogP contribution in [0, 0.1) is 5.92 Å². The standard InChI is InChI=1S/C14H28N2/c1-5-9-15-11-13-7-8-14(13)16(10-6-2)12(3)4/h6,12-15H,2,5,7-11H2,1,3-4H3. The van der Waals surface area contributed by atoms with Crippen molar-refractivity contribution in [1.29, 1.82) is 0 Å². The molecule has 16 heavy (non-hydrogen) atoms. The van der Waals surface area contributed by atoms with Gasteiger partial charge in [-0.3, -0.25) is 4.90 Å². The van der Waals surface area contributed by atoms with Gasteiger partial charge in [-0.2, -0.15) is 0 Å². The monoisotopic (exact) mass is 224 g/mol. The zero-order valence-electron chi connectivity index (χ0n) is 11.2. The number of hydrogen-bond donors (Lipinski definition) is 1. The van der Waals surface area contributed by atoms with Crippen molar-refractivity contribution in [1.82, 2.24) is 10.2 Å². The second-order valence-corrected chi connectivity index (χ2v) is 5.19. The zero-order chi connectivity index (χ0) is 12.0. The van der Waals surface area contributed by atoms with Crippen LogP contribution in [0.15, 0.2) is 12.7 Å². The van der Waals surface area contributed by atoms with Gasteiger partial charge in [0.2, 0.25) is 0 Å². The van der Waals surface area contributed by atoms with Gasteiger partial charge in [-0.1, -0.05) is 13.0 Å². The van der Waals surface area contributed by atoms with Gasteiger partial charge in [0.25, 0.3) is 0 Å². The van der Waals surface area contributed by atoms with Gasteiger partial charge in [0.15, 0.2) is 0 Å². The molecule has 0 spiro atoms. The highest BCUT2D eigenvalue weighted by molar-refractivity contribution is 4.93. The lowest BCUT2D eigenvalue weighted by atomic mass is 9.78. The van der Waals surface area contributed by atoms with Crippen LogP contribution in [0.1, 0.15) is 40.0 Å². The zero-order valence-corrected chi connectivity index (χ0v) is 11.2. The van der Waals surface area contributed by atoms with Gasteiger partial charge in [-0.05, 0) is 52.1 Å². The van der Waals surface area contributed by atoms with E-state index in [1.165, 1.54) is 25.8 Å². The quantitative estimate of drug-likeness (QED) is 0.504. The van der Waals surface area contributed by atoms with Crippen molar-refractivity contribution in [3.05, 3.63) is 12.7 Å². The Morgan fingerprint density at radius 1 is 1.44 bits per heavy atom. The first kappa shape index (κ1) is 13.7. The molecule has 1 fully saturated rings. The van der Waals surface area contributed by atoms with E-state index in [-0.39, 0.29) is 0 Å². The van der Waals surface area contributed by atoms with Crippen LogP contribution in [0.4, 0.5) is 0 Å². The van der Waals surface area contributed by atoms with Gasteiger partial charge in [0.05, 0.1) is 0 Å². The van der Waals surface area contributed by atoms with Crippen molar-refractivity contribution in [2.45, 2.75) is 52.1 Å². The highest BCUT2D eigenvalue weighted by Gasteiger charge is 2.35. The van der Waals surface area contributed by atoms with Gasteiger partial charge in [0, 0.05) is 18.6 Å². The molecule has 0 radical (unpaired) electrons. The van der Waals surface area contributed by atoms with Crippen molar-refractivity contribution in [3.63, 3.8) is 0 Å². The lowest BCUT2D eigenvalue weighted by Crippen LogP contribution is -2.53. The normalized spacial score (nSPS) is 24.8. The fourth-order valence-electron chi connectivity index (χ4n) is 2.57. The van der Waals surface area contributed by atoms with Crippen LogP contribution in [0.2, 0.25) is 0 Å². The molecule has 2 atom stereocenters. The molecular formula is C14H28N2. The summed E-state index contributed by atoms with van der Waals surface area (Å²) in [4.78, 5) is 2.59. The van der Waals surface area contributed by atoms with Crippen molar-refractivity contribution < 1.29 is 0 Å². The van der Waals surface area contributed by atoms with Crippen molar-refractivity contribution in [3.8, 4) is 0 Å². The summed E-state index contributed by atoms with van der Waals surface area (Å²) >= 11 is 0. The predicted molar refractivity (Wildman–Crippen MR) is 71.7 cm³/mol. The molecule has 1 saturated carbocycles. The molecule has 1 aliphatic carbocycles. The summed E-state index contributed by atoms with van der Waals surface area (Å²) in [6.07, 6.45) is 6.03. The smallest absolute Gasteiger partial charge is 0.0166 e. The SMILES string of the molecule is C=CCN(C(C)C)C1CCC1CNCCC. The minimum Gasteiger partial charge on any atom is -0.316 e. The Labute approximate surface area is 101 Å². The molecule has 0 heterocycles. The maximum Gasteiger partial charge on any atom is 0.0166 e. The molecule has 0 aromatic heterocycles. The fraction of sp³-hybridized carbons (Fsp3) is 0.857. The second-order valence-electron chi connectivity index (χ2n) is 5.19. The first-order valence-electron chi connectivity index (χ1n) is 6.78. The van der Waals surface area contributed by atoms with E-state index in [0.29, 0.717) is 6.04 Å². The van der Waals surface area contributed by atoms with Crippen LogP contribution in [-0.4, -0.2) is 36.6 Å². The van der Waals surface area contributed by atoms with E-state index in [9.17, 15) is 0 Å². The number of hydrogen-bond acceptors (Lipinski definition) is 2.